The summed E-state index contributed by atoms with van der Waals surface area (Å²) in [6.07, 6.45) is 0. The maximum atomic E-state index is 12.4. The number of ether oxygens (including phenoxy) is 1. The van der Waals surface area contributed by atoms with Crippen LogP contribution in [0.15, 0.2) is 46.9 Å². The summed E-state index contributed by atoms with van der Waals surface area (Å²) in [5.41, 5.74) is 2.96. The number of nitrogens with one attached hydrogen (secondary N) is 3. The summed E-state index contributed by atoms with van der Waals surface area (Å²) < 4.78 is 11.3. The van der Waals surface area contributed by atoms with Crippen LogP contribution in [-0.2, 0) is 4.79 Å². The monoisotopic (exact) mass is 365 g/mol. The van der Waals surface area contributed by atoms with Gasteiger partial charge in [0.25, 0.3) is 5.91 Å². The number of rotatable bonds is 3. The zero-order valence-corrected chi connectivity index (χ0v) is 15.0. The van der Waals surface area contributed by atoms with Crippen LogP contribution in [0.5, 0.6) is 5.75 Å². The molecule has 1 atom stereocenters. The lowest BCUT2D eigenvalue weighted by atomic mass is 10.1. The third kappa shape index (κ3) is 3.31. The van der Waals surface area contributed by atoms with E-state index in [0.29, 0.717) is 17.1 Å². The van der Waals surface area contributed by atoms with Crippen molar-refractivity contribution in [2.45, 2.75) is 19.9 Å². The van der Waals surface area contributed by atoms with E-state index in [9.17, 15) is 9.59 Å². The second-order valence-corrected chi connectivity index (χ2v) is 6.46. The van der Waals surface area contributed by atoms with Crippen molar-refractivity contribution < 1.29 is 18.7 Å². The molecule has 1 aromatic heterocycles. The Morgan fingerprint density at radius 1 is 1.22 bits per heavy atom. The van der Waals surface area contributed by atoms with E-state index in [-0.39, 0.29) is 24.6 Å². The Kier molecular flexibility index (Phi) is 4.19. The average Bonchev–Trinajstić information content (AvgIpc) is 2.99. The van der Waals surface area contributed by atoms with Crippen LogP contribution in [0.4, 0.5) is 16.2 Å². The SMILES string of the molecule is Cc1c([C@H](C)NC(=O)Nc2ccc3c(c2)OCC(=O)N3)oc2ccccc12. The molecule has 0 saturated heterocycles. The molecule has 2 heterocycles. The summed E-state index contributed by atoms with van der Waals surface area (Å²) in [5, 5.41) is 9.40. The van der Waals surface area contributed by atoms with Crippen molar-refractivity contribution in [3.63, 3.8) is 0 Å². The van der Waals surface area contributed by atoms with E-state index >= 15 is 0 Å². The number of benzene rings is 2. The Balaban J connectivity index is 1.46. The first-order chi connectivity index (χ1) is 13.0. The van der Waals surface area contributed by atoms with Gasteiger partial charge in [-0.25, -0.2) is 4.79 Å². The minimum absolute atomic E-state index is 0.0367. The molecule has 4 rings (SSSR count). The van der Waals surface area contributed by atoms with Gasteiger partial charge >= 0.3 is 6.03 Å². The van der Waals surface area contributed by atoms with Gasteiger partial charge in [0.05, 0.1) is 11.7 Å². The van der Waals surface area contributed by atoms with Crippen molar-refractivity contribution >= 4 is 34.3 Å². The Bertz CT molecular complexity index is 1040. The average molecular weight is 365 g/mol. The maximum Gasteiger partial charge on any atom is 0.319 e. The highest BCUT2D eigenvalue weighted by Crippen LogP contribution is 2.31. The van der Waals surface area contributed by atoms with E-state index in [1.807, 2.05) is 38.1 Å². The molecule has 3 amide bonds. The van der Waals surface area contributed by atoms with Gasteiger partial charge in [0, 0.05) is 22.7 Å². The summed E-state index contributed by atoms with van der Waals surface area (Å²) in [6, 6.07) is 12.2. The molecule has 3 N–H and O–H groups in total. The summed E-state index contributed by atoms with van der Waals surface area (Å²) in [4.78, 5) is 23.7. The van der Waals surface area contributed by atoms with Crippen molar-refractivity contribution in [1.82, 2.24) is 5.32 Å². The number of hydrogen-bond donors (Lipinski definition) is 3. The summed E-state index contributed by atoms with van der Waals surface area (Å²) in [7, 11) is 0. The number of amides is 3. The first-order valence-electron chi connectivity index (χ1n) is 8.63. The standard InChI is InChI=1S/C20H19N3O4/c1-11-14-5-3-4-6-16(14)27-19(11)12(2)21-20(25)22-13-7-8-15-17(9-13)26-10-18(24)23-15/h3-9,12H,10H2,1-2H3,(H,23,24)(H2,21,22,25)/t12-/m0/s1. The molecule has 3 aromatic rings. The second-order valence-electron chi connectivity index (χ2n) is 6.46. The van der Waals surface area contributed by atoms with Crippen LogP contribution in [0.25, 0.3) is 11.0 Å². The van der Waals surface area contributed by atoms with Crippen LogP contribution in [0.1, 0.15) is 24.3 Å². The van der Waals surface area contributed by atoms with Crippen molar-refractivity contribution in [2.24, 2.45) is 0 Å². The highest BCUT2D eigenvalue weighted by molar-refractivity contribution is 5.96. The Labute approximate surface area is 155 Å². The zero-order chi connectivity index (χ0) is 19.0. The molecule has 0 saturated carbocycles. The number of para-hydroxylation sites is 1. The predicted octanol–water partition coefficient (Wildman–Crippen LogP) is 3.95. The molecule has 7 nitrogen and oxygen atoms in total. The molecule has 2 aromatic carbocycles. The Morgan fingerprint density at radius 3 is 2.85 bits per heavy atom. The Morgan fingerprint density at radius 2 is 2.04 bits per heavy atom. The van der Waals surface area contributed by atoms with Gasteiger partial charge in [-0.2, -0.15) is 0 Å². The van der Waals surface area contributed by atoms with Crippen molar-refractivity contribution in [3.8, 4) is 5.75 Å². The van der Waals surface area contributed by atoms with Crippen LogP contribution in [0.3, 0.4) is 0 Å². The molecule has 0 radical (unpaired) electrons. The molecule has 0 bridgehead atoms. The van der Waals surface area contributed by atoms with Crippen LogP contribution in [0, 0.1) is 6.92 Å². The Hall–Kier alpha value is -3.48. The van der Waals surface area contributed by atoms with Crippen LogP contribution in [-0.4, -0.2) is 18.5 Å². The first-order valence-corrected chi connectivity index (χ1v) is 8.63. The topological polar surface area (TPSA) is 92.6 Å². The maximum absolute atomic E-state index is 12.4. The minimum atomic E-state index is -0.359. The molecule has 7 heteroatoms. The smallest absolute Gasteiger partial charge is 0.319 e. The zero-order valence-electron chi connectivity index (χ0n) is 15.0. The molecule has 27 heavy (non-hydrogen) atoms. The number of urea groups is 1. The van der Waals surface area contributed by atoms with E-state index in [1.54, 1.807) is 18.2 Å². The largest absolute Gasteiger partial charge is 0.482 e. The number of carbonyl (C=O) groups excluding carboxylic acids is 2. The molecule has 1 aliphatic heterocycles. The number of fused-ring (bicyclic) bond motifs is 2. The fraction of sp³-hybridized carbons (Fsp3) is 0.200. The molecular formula is C20H19N3O4. The lowest BCUT2D eigenvalue weighted by Crippen LogP contribution is -2.31. The number of hydrogen-bond acceptors (Lipinski definition) is 4. The minimum Gasteiger partial charge on any atom is -0.482 e. The van der Waals surface area contributed by atoms with E-state index in [1.165, 1.54) is 0 Å². The van der Waals surface area contributed by atoms with Crippen LogP contribution in [0.2, 0.25) is 0 Å². The number of aryl methyl sites for hydroxylation is 1. The predicted molar refractivity (Wildman–Crippen MR) is 102 cm³/mol. The third-order valence-corrected chi connectivity index (χ3v) is 4.49. The van der Waals surface area contributed by atoms with Gasteiger partial charge in [-0.3, -0.25) is 4.79 Å². The van der Waals surface area contributed by atoms with E-state index in [0.717, 1.165) is 22.3 Å². The van der Waals surface area contributed by atoms with E-state index < -0.39 is 0 Å². The molecular weight excluding hydrogens is 346 g/mol. The highest BCUT2D eigenvalue weighted by atomic mass is 16.5. The van der Waals surface area contributed by atoms with Gasteiger partial charge in [-0.15, -0.1) is 0 Å². The van der Waals surface area contributed by atoms with Crippen LogP contribution >= 0.6 is 0 Å². The fourth-order valence-corrected chi connectivity index (χ4v) is 3.19. The normalized spacial score (nSPS) is 14.1. The third-order valence-electron chi connectivity index (χ3n) is 4.49. The molecule has 0 unspecified atom stereocenters. The molecule has 1 aliphatic rings. The quantitative estimate of drug-likeness (QED) is 0.655. The van der Waals surface area contributed by atoms with E-state index in [2.05, 4.69) is 16.0 Å². The molecule has 0 fully saturated rings. The molecule has 0 spiro atoms. The van der Waals surface area contributed by atoms with Crippen molar-refractivity contribution in [3.05, 3.63) is 53.8 Å². The van der Waals surface area contributed by atoms with Crippen molar-refractivity contribution in [1.29, 1.82) is 0 Å². The summed E-state index contributed by atoms with van der Waals surface area (Å²) in [5.74, 6) is 1.05. The lowest BCUT2D eigenvalue weighted by molar-refractivity contribution is -0.118. The van der Waals surface area contributed by atoms with Gasteiger partial charge in [0.2, 0.25) is 0 Å². The summed E-state index contributed by atoms with van der Waals surface area (Å²) in [6.45, 7) is 3.81. The van der Waals surface area contributed by atoms with Gasteiger partial charge in [-0.1, -0.05) is 18.2 Å². The molecule has 138 valence electrons. The molecule has 0 aliphatic carbocycles. The van der Waals surface area contributed by atoms with Crippen molar-refractivity contribution in [2.75, 3.05) is 17.2 Å². The van der Waals surface area contributed by atoms with Crippen LogP contribution < -0.4 is 20.7 Å². The number of furan rings is 1. The number of anilines is 2. The van der Waals surface area contributed by atoms with Gasteiger partial charge in [-0.05, 0) is 32.0 Å². The number of carbonyl (C=O) groups is 2. The highest BCUT2D eigenvalue weighted by Gasteiger charge is 2.19. The first kappa shape index (κ1) is 17.0. The van der Waals surface area contributed by atoms with E-state index in [4.69, 9.17) is 9.15 Å². The van der Waals surface area contributed by atoms with Gasteiger partial charge in [0.1, 0.15) is 17.1 Å². The lowest BCUT2D eigenvalue weighted by Gasteiger charge is -2.19. The van der Waals surface area contributed by atoms with Gasteiger partial charge < -0.3 is 25.1 Å². The fourth-order valence-electron chi connectivity index (χ4n) is 3.19. The second kappa shape index (κ2) is 6.68. The summed E-state index contributed by atoms with van der Waals surface area (Å²) >= 11 is 0. The van der Waals surface area contributed by atoms with Gasteiger partial charge in [0.15, 0.2) is 6.61 Å².